The van der Waals surface area contributed by atoms with Crippen molar-refractivity contribution >= 4 is 17.8 Å². The highest BCUT2D eigenvalue weighted by Gasteiger charge is 2.28. The second-order valence-corrected chi connectivity index (χ2v) is 4.74. The predicted molar refractivity (Wildman–Crippen MR) is 71.1 cm³/mol. The Morgan fingerprint density at radius 1 is 1.35 bits per heavy atom. The maximum Gasteiger partial charge on any atom is 0.334 e. The number of ether oxygens (including phenoxy) is 1. The van der Waals surface area contributed by atoms with Crippen molar-refractivity contribution in [2.45, 2.75) is 38.7 Å². The van der Waals surface area contributed by atoms with Crippen LogP contribution < -0.4 is 5.32 Å². The molecule has 2 amide bonds. The quantitative estimate of drug-likeness (QED) is 0.686. The number of morpholine rings is 1. The maximum absolute atomic E-state index is 11.9. The minimum Gasteiger partial charge on any atom is -0.479 e. The van der Waals surface area contributed by atoms with Crippen molar-refractivity contribution in [2.75, 3.05) is 26.2 Å². The summed E-state index contributed by atoms with van der Waals surface area (Å²) in [4.78, 5) is 35.6. The first kappa shape index (κ1) is 16.4. The summed E-state index contributed by atoms with van der Waals surface area (Å²) in [6.45, 7) is 3.35. The van der Waals surface area contributed by atoms with Gasteiger partial charge in [-0.25, -0.2) is 4.79 Å². The molecule has 7 nitrogen and oxygen atoms in total. The van der Waals surface area contributed by atoms with E-state index in [0.717, 1.165) is 6.42 Å². The van der Waals surface area contributed by atoms with Gasteiger partial charge in [0.15, 0.2) is 6.10 Å². The van der Waals surface area contributed by atoms with E-state index in [1.165, 1.54) is 4.90 Å². The lowest BCUT2D eigenvalue weighted by Crippen LogP contribution is -2.48. The highest BCUT2D eigenvalue weighted by Crippen LogP contribution is 2.09. The Hall–Kier alpha value is -1.63. The Morgan fingerprint density at radius 2 is 2.10 bits per heavy atom. The Balaban J connectivity index is 2.25. The summed E-state index contributed by atoms with van der Waals surface area (Å²) < 4.78 is 5.05. The van der Waals surface area contributed by atoms with E-state index in [0.29, 0.717) is 25.9 Å². The number of nitrogens with zero attached hydrogens (tertiary/aromatic N) is 1. The Kier molecular flexibility index (Phi) is 7.00. The number of aliphatic carboxylic acids is 1. The second kappa shape index (κ2) is 8.52. The van der Waals surface area contributed by atoms with Gasteiger partial charge in [0.2, 0.25) is 11.8 Å². The number of carboxylic acids is 1. The molecule has 20 heavy (non-hydrogen) atoms. The van der Waals surface area contributed by atoms with Gasteiger partial charge in [0.25, 0.3) is 0 Å². The topological polar surface area (TPSA) is 95.9 Å². The Labute approximate surface area is 118 Å². The van der Waals surface area contributed by atoms with E-state index >= 15 is 0 Å². The predicted octanol–water partition coefficient (Wildman–Crippen LogP) is -0.00510. The summed E-state index contributed by atoms with van der Waals surface area (Å²) >= 11 is 0. The number of hydrogen-bond acceptors (Lipinski definition) is 4. The van der Waals surface area contributed by atoms with E-state index in [1.54, 1.807) is 0 Å². The van der Waals surface area contributed by atoms with Crippen LogP contribution >= 0.6 is 0 Å². The summed E-state index contributed by atoms with van der Waals surface area (Å²) in [6, 6.07) is 0. The van der Waals surface area contributed by atoms with Gasteiger partial charge in [0, 0.05) is 25.9 Å². The number of rotatable bonds is 7. The number of amides is 2. The van der Waals surface area contributed by atoms with Crippen molar-refractivity contribution in [2.24, 2.45) is 0 Å². The zero-order chi connectivity index (χ0) is 15.0. The summed E-state index contributed by atoms with van der Waals surface area (Å²) in [5.41, 5.74) is 0. The van der Waals surface area contributed by atoms with Crippen LogP contribution in [-0.4, -0.2) is 60.1 Å². The van der Waals surface area contributed by atoms with Crippen LogP contribution in [0.5, 0.6) is 0 Å². The second-order valence-electron chi connectivity index (χ2n) is 4.74. The van der Waals surface area contributed by atoms with Crippen LogP contribution in [0.1, 0.15) is 32.6 Å². The first-order valence-corrected chi connectivity index (χ1v) is 6.93. The van der Waals surface area contributed by atoms with Crippen LogP contribution in [0.3, 0.4) is 0 Å². The van der Waals surface area contributed by atoms with Crippen molar-refractivity contribution in [3.8, 4) is 0 Å². The fourth-order valence-electron chi connectivity index (χ4n) is 1.94. The van der Waals surface area contributed by atoms with Crippen LogP contribution in [0.2, 0.25) is 0 Å². The molecule has 1 heterocycles. The number of nitrogens with one attached hydrogen (secondary N) is 1. The molecule has 0 aromatic rings. The van der Waals surface area contributed by atoms with Crippen molar-refractivity contribution in [1.82, 2.24) is 10.2 Å². The molecule has 0 aromatic heterocycles. The molecule has 0 radical (unpaired) electrons. The van der Waals surface area contributed by atoms with Crippen LogP contribution in [0.25, 0.3) is 0 Å². The molecule has 7 heteroatoms. The standard InChI is InChI=1S/C13H22N2O5/c1-2-6-14-11(16)4-3-5-12(17)15-7-8-20-10(9-15)13(18)19/h10H,2-9H2,1H3,(H,14,16)(H,18,19). The molecule has 0 aliphatic carbocycles. The number of carbonyl (C=O) groups is 3. The first-order chi connectivity index (χ1) is 9.54. The van der Waals surface area contributed by atoms with Gasteiger partial charge in [-0.05, 0) is 12.8 Å². The molecule has 1 aliphatic heterocycles. The van der Waals surface area contributed by atoms with Gasteiger partial charge in [-0.15, -0.1) is 0 Å². The lowest BCUT2D eigenvalue weighted by molar-refractivity contribution is -0.159. The number of hydrogen-bond donors (Lipinski definition) is 2. The zero-order valence-corrected chi connectivity index (χ0v) is 11.8. The lowest BCUT2D eigenvalue weighted by atomic mass is 10.2. The molecular weight excluding hydrogens is 264 g/mol. The van der Waals surface area contributed by atoms with Gasteiger partial charge in [0.1, 0.15) is 0 Å². The largest absolute Gasteiger partial charge is 0.479 e. The smallest absolute Gasteiger partial charge is 0.334 e. The normalized spacial score (nSPS) is 18.6. The van der Waals surface area contributed by atoms with E-state index in [4.69, 9.17) is 9.84 Å². The van der Waals surface area contributed by atoms with Gasteiger partial charge >= 0.3 is 5.97 Å². The van der Waals surface area contributed by atoms with Gasteiger partial charge in [-0.1, -0.05) is 6.92 Å². The molecule has 114 valence electrons. The van der Waals surface area contributed by atoms with Gasteiger partial charge in [-0.2, -0.15) is 0 Å². The van der Waals surface area contributed by atoms with E-state index in [2.05, 4.69) is 5.32 Å². The van der Waals surface area contributed by atoms with Crippen LogP contribution in [0, 0.1) is 0 Å². The average molecular weight is 286 g/mol. The van der Waals surface area contributed by atoms with Gasteiger partial charge in [0.05, 0.1) is 13.2 Å². The summed E-state index contributed by atoms with van der Waals surface area (Å²) in [7, 11) is 0. The summed E-state index contributed by atoms with van der Waals surface area (Å²) in [5, 5.41) is 11.6. The zero-order valence-electron chi connectivity index (χ0n) is 11.8. The van der Waals surface area contributed by atoms with Crippen molar-refractivity contribution in [3.63, 3.8) is 0 Å². The van der Waals surface area contributed by atoms with Crippen molar-refractivity contribution < 1.29 is 24.2 Å². The fourth-order valence-corrected chi connectivity index (χ4v) is 1.94. The molecule has 1 atom stereocenters. The highest BCUT2D eigenvalue weighted by atomic mass is 16.5. The molecule has 1 saturated heterocycles. The highest BCUT2D eigenvalue weighted by molar-refractivity contribution is 5.80. The molecule has 0 saturated carbocycles. The van der Waals surface area contributed by atoms with Gasteiger partial charge in [-0.3, -0.25) is 9.59 Å². The van der Waals surface area contributed by atoms with E-state index in [9.17, 15) is 14.4 Å². The van der Waals surface area contributed by atoms with Crippen molar-refractivity contribution in [1.29, 1.82) is 0 Å². The van der Waals surface area contributed by atoms with Crippen LogP contribution in [-0.2, 0) is 19.1 Å². The molecule has 1 unspecified atom stereocenters. The van der Waals surface area contributed by atoms with E-state index < -0.39 is 12.1 Å². The third-order valence-corrected chi connectivity index (χ3v) is 3.06. The molecule has 2 N–H and O–H groups in total. The van der Waals surface area contributed by atoms with Gasteiger partial charge < -0.3 is 20.1 Å². The fraction of sp³-hybridized carbons (Fsp3) is 0.769. The molecule has 1 aliphatic rings. The Bertz CT molecular complexity index is 359. The lowest BCUT2D eigenvalue weighted by Gasteiger charge is -2.30. The SMILES string of the molecule is CCCNC(=O)CCCC(=O)N1CCOC(C(=O)O)C1. The third-order valence-electron chi connectivity index (χ3n) is 3.06. The summed E-state index contributed by atoms with van der Waals surface area (Å²) in [5.74, 6) is -1.23. The Morgan fingerprint density at radius 3 is 2.75 bits per heavy atom. The van der Waals surface area contributed by atoms with Crippen LogP contribution in [0.4, 0.5) is 0 Å². The molecule has 1 rings (SSSR count). The monoisotopic (exact) mass is 286 g/mol. The number of carboxylic acid groups (broad SMARTS) is 1. The van der Waals surface area contributed by atoms with E-state index in [-0.39, 0.29) is 31.4 Å². The summed E-state index contributed by atoms with van der Waals surface area (Å²) in [6.07, 6.45) is 0.989. The van der Waals surface area contributed by atoms with E-state index in [1.807, 2.05) is 6.92 Å². The molecule has 0 spiro atoms. The molecule has 1 fully saturated rings. The van der Waals surface area contributed by atoms with Crippen LogP contribution in [0.15, 0.2) is 0 Å². The third kappa shape index (κ3) is 5.56. The molecule has 0 aromatic carbocycles. The average Bonchev–Trinajstić information content (AvgIpc) is 2.45. The number of carbonyl (C=O) groups excluding carboxylic acids is 2. The van der Waals surface area contributed by atoms with Crippen molar-refractivity contribution in [3.05, 3.63) is 0 Å². The minimum atomic E-state index is -1.05. The first-order valence-electron chi connectivity index (χ1n) is 6.93. The molecular formula is C13H22N2O5. The maximum atomic E-state index is 11.9. The molecule has 0 bridgehead atoms. The minimum absolute atomic E-state index is 0.0509.